The predicted octanol–water partition coefficient (Wildman–Crippen LogP) is 5.34. The lowest BCUT2D eigenvalue weighted by Gasteiger charge is -2.19. The molecule has 0 aliphatic heterocycles. The normalized spacial score (nSPS) is 12.4. The molecule has 0 radical (unpaired) electrons. The Labute approximate surface area is 275 Å². The molecule has 0 aliphatic rings. The van der Waals surface area contributed by atoms with Crippen molar-refractivity contribution in [1.82, 2.24) is 10.3 Å². The molecular formula is C34H45N3O6S2. The van der Waals surface area contributed by atoms with Crippen LogP contribution in [0.25, 0.3) is 0 Å². The molecule has 0 aliphatic carbocycles. The molecule has 2 atom stereocenters. The van der Waals surface area contributed by atoms with Gasteiger partial charge in [-0.15, -0.1) is 23.5 Å². The summed E-state index contributed by atoms with van der Waals surface area (Å²) in [5.74, 6) is 1.48. The van der Waals surface area contributed by atoms with Crippen LogP contribution < -0.4 is 10.2 Å². The van der Waals surface area contributed by atoms with E-state index in [2.05, 4.69) is 29.4 Å². The number of carbonyl (C=O) groups is 2. The Balaban J connectivity index is 1.36. The summed E-state index contributed by atoms with van der Waals surface area (Å²) in [4.78, 5) is 32.6. The zero-order valence-corrected chi connectivity index (χ0v) is 28.2. The highest BCUT2D eigenvalue weighted by molar-refractivity contribution is 7.99. The molecule has 2 unspecified atom stereocenters. The molecule has 0 spiro atoms. The fraction of sp³-hybridized carbons (Fsp3) is 0.441. The number of nitrogens with zero attached hydrogens (tertiary/aromatic N) is 2. The molecule has 11 heteroatoms. The number of rotatable bonds is 21. The Hall–Kier alpha value is -3.09. The predicted molar refractivity (Wildman–Crippen MR) is 181 cm³/mol. The van der Waals surface area contributed by atoms with Crippen molar-refractivity contribution in [3.05, 3.63) is 83.6 Å². The van der Waals surface area contributed by atoms with E-state index in [9.17, 15) is 14.7 Å². The van der Waals surface area contributed by atoms with Crippen molar-refractivity contribution in [1.29, 1.82) is 0 Å². The lowest BCUT2D eigenvalue weighted by molar-refractivity contribution is -0.153. The van der Waals surface area contributed by atoms with E-state index in [0.29, 0.717) is 32.6 Å². The van der Waals surface area contributed by atoms with Crippen molar-refractivity contribution in [2.45, 2.75) is 55.2 Å². The number of aliphatic carboxylic acids is 1. The molecule has 0 saturated carbocycles. The number of hydrogen-bond donors (Lipinski definition) is 2. The van der Waals surface area contributed by atoms with Crippen LogP contribution in [0.4, 0.5) is 5.82 Å². The average molecular weight is 656 g/mol. The molecule has 1 aromatic heterocycles. The van der Waals surface area contributed by atoms with Gasteiger partial charge in [-0.3, -0.25) is 0 Å². The molecular weight excluding hydrogens is 611 g/mol. The van der Waals surface area contributed by atoms with Crippen molar-refractivity contribution in [2.24, 2.45) is 0 Å². The third kappa shape index (κ3) is 13.0. The van der Waals surface area contributed by atoms with Gasteiger partial charge in [0.1, 0.15) is 5.82 Å². The molecule has 9 nitrogen and oxygen atoms in total. The lowest BCUT2D eigenvalue weighted by Crippen LogP contribution is -2.28. The number of thioether (sulfide) groups is 2. The summed E-state index contributed by atoms with van der Waals surface area (Å²) >= 11 is 3.54. The second-order valence-electron chi connectivity index (χ2n) is 10.2. The standard InChI is InChI=1S/C34H45N3O6S2/c1-5-42-30(33(38)39)22-25-10-14-28(15-11-25)44-20-18-35-24-27-8-7-9-32(36-27)37(3)19-21-45-29-16-12-26(13-17-29)23-31(43-6-2)34(40)41-4/h7-17,30-31,35H,5-6,18-24H2,1-4H3,(H,38,39). The first-order chi connectivity index (χ1) is 21.8. The van der Waals surface area contributed by atoms with Gasteiger partial charge in [0.2, 0.25) is 0 Å². The van der Waals surface area contributed by atoms with Gasteiger partial charge in [-0.05, 0) is 61.4 Å². The molecule has 0 bridgehead atoms. The van der Waals surface area contributed by atoms with Crippen LogP contribution in [-0.4, -0.2) is 86.2 Å². The SMILES string of the molecule is CCOC(Cc1ccc(SCCNCc2cccc(N(C)CCSc3ccc(CC(OCC)C(=O)OC)cc3)n2)cc1)C(=O)O. The van der Waals surface area contributed by atoms with Gasteiger partial charge in [0, 0.05) is 74.0 Å². The van der Waals surface area contributed by atoms with Crippen molar-refractivity contribution in [3.63, 3.8) is 0 Å². The van der Waals surface area contributed by atoms with E-state index in [4.69, 9.17) is 19.2 Å². The lowest BCUT2D eigenvalue weighted by atomic mass is 10.1. The number of benzene rings is 2. The van der Waals surface area contributed by atoms with Crippen molar-refractivity contribution in [3.8, 4) is 0 Å². The first-order valence-corrected chi connectivity index (χ1v) is 17.1. The number of ether oxygens (including phenoxy) is 3. The molecule has 1 heterocycles. The summed E-state index contributed by atoms with van der Waals surface area (Å²) in [6.45, 7) is 6.89. The maximum Gasteiger partial charge on any atom is 0.335 e. The number of nitrogens with one attached hydrogen (secondary N) is 1. The van der Waals surface area contributed by atoms with E-state index in [1.165, 1.54) is 12.0 Å². The summed E-state index contributed by atoms with van der Waals surface area (Å²) in [5.41, 5.74) is 2.98. The highest BCUT2D eigenvalue weighted by Gasteiger charge is 2.20. The highest BCUT2D eigenvalue weighted by atomic mass is 32.2. The van der Waals surface area contributed by atoms with Crippen LogP contribution in [0.2, 0.25) is 0 Å². The zero-order valence-electron chi connectivity index (χ0n) is 26.6. The van der Waals surface area contributed by atoms with Crippen LogP contribution in [0.1, 0.15) is 30.7 Å². The van der Waals surface area contributed by atoms with Crippen molar-refractivity contribution >= 4 is 41.3 Å². The maximum absolute atomic E-state index is 11.9. The molecule has 3 aromatic rings. The van der Waals surface area contributed by atoms with Crippen LogP contribution in [-0.2, 0) is 43.2 Å². The Morgan fingerprint density at radius 2 is 1.44 bits per heavy atom. The van der Waals surface area contributed by atoms with E-state index in [0.717, 1.165) is 52.1 Å². The van der Waals surface area contributed by atoms with Gasteiger partial charge in [-0.1, -0.05) is 30.3 Å². The number of methoxy groups -OCH3 is 1. The fourth-order valence-electron chi connectivity index (χ4n) is 4.48. The fourth-order valence-corrected chi connectivity index (χ4v) is 6.22. The van der Waals surface area contributed by atoms with Gasteiger partial charge in [-0.2, -0.15) is 0 Å². The summed E-state index contributed by atoms with van der Waals surface area (Å²) < 4.78 is 15.7. The second-order valence-corrected chi connectivity index (χ2v) is 12.6. The molecule has 0 amide bonds. The number of pyridine rings is 1. The summed E-state index contributed by atoms with van der Waals surface area (Å²) in [6.07, 6.45) is -0.539. The van der Waals surface area contributed by atoms with Gasteiger partial charge >= 0.3 is 11.9 Å². The molecule has 2 aromatic carbocycles. The number of anilines is 1. The Morgan fingerprint density at radius 3 is 2.02 bits per heavy atom. The number of aromatic nitrogens is 1. The monoisotopic (exact) mass is 655 g/mol. The number of carbonyl (C=O) groups excluding carboxylic acids is 1. The minimum atomic E-state index is -0.933. The second kappa shape index (κ2) is 20.1. The summed E-state index contributed by atoms with van der Waals surface area (Å²) in [7, 11) is 3.44. The van der Waals surface area contributed by atoms with Gasteiger partial charge in [0.25, 0.3) is 0 Å². The summed E-state index contributed by atoms with van der Waals surface area (Å²) in [5, 5.41) is 12.8. The first-order valence-electron chi connectivity index (χ1n) is 15.2. The minimum Gasteiger partial charge on any atom is -0.479 e. The van der Waals surface area contributed by atoms with E-state index in [1.54, 1.807) is 30.4 Å². The Bertz CT molecular complexity index is 1310. The third-order valence-corrected chi connectivity index (χ3v) is 8.90. The minimum absolute atomic E-state index is 0.349. The topological polar surface area (TPSA) is 110 Å². The molecule has 0 saturated heterocycles. The van der Waals surface area contributed by atoms with Crippen LogP contribution in [0.15, 0.2) is 76.5 Å². The number of carboxylic acid groups (broad SMARTS) is 1. The van der Waals surface area contributed by atoms with Gasteiger partial charge in [-0.25, -0.2) is 14.6 Å². The number of esters is 1. The van der Waals surface area contributed by atoms with Gasteiger partial charge < -0.3 is 29.5 Å². The third-order valence-electron chi connectivity index (χ3n) is 6.90. The molecule has 0 fully saturated rings. The zero-order chi connectivity index (χ0) is 32.4. The van der Waals surface area contributed by atoms with Gasteiger partial charge in [0.15, 0.2) is 12.2 Å². The smallest absolute Gasteiger partial charge is 0.335 e. The van der Waals surface area contributed by atoms with E-state index >= 15 is 0 Å². The molecule has 45 heavy (non-hydrogen) atoms. The Morgan fingerprint density at radius 1 is 0.867 bits per heavy atom. The summed E-state index contributed by atoms with van der Waals surface area (Å²) in [6, 6.07) is 22.4. The van der Waals surface area contributed by atoms with Crippen LogP contribution >= 0.6 is 23.5 Å². The van der Waals surface area contributed by atoms with E-state index in [1.807, 2.05) is 61.5 Å². The van der Waals surface area contributed by atoms with Crippen molar-refractivity contribution < 1.29 is 28.9 Å². The number of hydrogen-bond acceptors (Lipinski definition) is 10. The van der Waals surface area contributed by atoms with E-state index < -0.39 is 18.2 Å². The maximum atomic E-state index is 11.9. The quantitative estimate of drug-likeness (QED) is 0.0881. The largest absolute Gasteiger partial charge is 0.479 e. The van der Waals surface area contributed by atoms with Gasteiger partial charge in [0.05, 0.1) is 12.8 Å². The molecule has 2 N–H and O–H groups in total. The first kappa shape index (κ1) is 36.4. The molecule has 3 rings (SSSR count). The Kier molecular flexibility index (Phi) is 16.3. The van der Waals surface area contributed by atoms with Crippen LogP contribution in [0.5, 0.6) is 0 Å². The van der Waals surface area contributed by atoms with Crippen LogP contribution in [0, 0.1) is 0 Å². The number of carboxylic acids is 1. The van der Waals surface area contributed by atoms with Crippen molar-refractivity contribution in [2.75, 3.05) is 56.9 Å². The molecule has 244 valence electrons. The van der Waals surface area contributed by atoms with Crippen LogP contribution in [0.3, 0.4) is 0 Å². The highest BCUT2D eigenvalue weighted by Crippen LogP contribution is 2.21. The average Bonchev–Trinajstić information content (AvgIpc) is 3.05. The van der Waals surface area contributed by atoms with E-state index in [-0.39, 0.29) is 5.97 Å².